The van der Waals surface area contributed by atoms with E-state index < -0.39 is 0 Å². The summed E-state index contributed by atoms with van der Waals surface area (Å²) in [4.78, 5) is 3.97. The summed E-state index contributed by atoms with van der Waals surface area (Å²) in [6, 6.07) is 1.92. The van der Waals surface area contributed by atoms with Crippen LogP contribution in [0.5, 0.6) is 0 Å². The Bertz CT molecular complexity index is 310. The number of pyridine rings is 1. The van der Waals surface area contributed by atoms with E-state index in [0.717, 1.165) is 23.8 Å². The van der Waals surface area contributed by atoms with Gasteiger partial charge in [-0.25, -0.2) is 0 Å². The first-order valence-corrected chi connectivity index (χ1v) is 6.63. The molecule has 1 aromatic rings. The highest BCUT2D eigenvalue weighted by Gasteiger charge is 1.97. The number of rotatable bonds is 8. The van der Waals surface area contributed by atoms with Crippen LogP contribution >= 0.6 is 0 Å². The Hall–Kier alpha value is -1.25. The van der Waals surface area contributed by atoms with Crippen molar-refractivity contribution in [3.63, 3.8) is 0 Å². The maximum Gasteiger partial charge on any atom is 0.0736 e. The van der Waals surface area contributed by atoms with E-state index in [1.54, 1.807) is 12.4 Å². The van der Waals surface area contributed by atoms with Crippen molar-refractivity contribution in [1.82, 2.24) is 4.98 Å². The molecule has 0 atom stereocenters. The van der Waals surface area contributed by atoms with Crippen molar-refractivity contribution in [1.29, 1.82) is 0 Å². The molecule has 1 rings (SSSR count). The van der Waals surface area contributed by atoms with Gasteiger partial charge in [-0.05, 0) is 18.4 Å². The lowest BCUT2D eigenvalue weighted by molar-refractivity contribution is 0.523. The summed E-state index contributed by atoms with van der Waals surface area (Å²) in [5, 5.41) is 3.35. The van der Waals surface area contributed by atoms with Crippen LogP contribution in [0.4, 0.5) is 11.4 Å². The number of nitrogens with one attached hydrogen (secondary N) is 1. The van der Waals surface area contributed by atoms with Gasteiger partial charge < -0.3 is 11.1 Å². The Balaban J connectivity index is 2.03. The molecule has 1 aromatic heterocycles. The summed E-state index contributed by atoms with van der Waals surface area (Å²) in [6.45, 7) is 5.57. The lowest BCUT2D eigenvalue weighted by Crippen LogP contribution is -2.04. The summed E-state index contributed by atoms with van der Waals surface area (Å²) in [6.07, 6.45) is 10.0. The highest BCUT2D eigenvalue weighted by Crippen LogP contribution is 2.15. The molecular formula is C14H25N3. The highest BCUT2D eigenvalue weighted by atomic mass is 14.9. The highest BCUT2D eigenvalue weighted by molar-refractivity contribution is 5.63. The molecule has 17 heavy (non-hydrogen) atoms. The Kier molecular flexibility index (Phi) is 6.45. The molecule has 3 heteroatoms. The van der Waals surface area contributed by atoms with Gasteiger partial charge in [-0.15, -0.1) is 0 Å². The van der Waals surface area contributed by atoms with E-state index in [2.05, 4.69) is 24.1 Å². The van der Waals surface area contributed by atoms with Crippen molar-refractivity contribution in [3.05, 3.63) is 18.5 Å². The molecular weight excluding hydrogens is 210 g/mol. The van der Waals surface area contributed by atoms with Crippen molar-refractivity contribution >= 4 is 11.4 Å². The standard InChI is InChI=1S/C14H25N3/c1-12(2)7-5-3-4-6-9-17-14-8-10-16-11-13(14)15/h8,10-12H,3-7,9,15H2,1-2H3,(H,16,17). The van der Waals surface area contributed by atoms with Crippen molar-refractivity contribution in [2.24, 2.45) is 5.92 Å². The van der Waals surface area contributed by atoms with Gasteiger partial charge in [-0.2, -0.15) is 0 Å². The third-order valence-electron chi connectivity index (χ3n) is 2.88. The number of aromatic nitrogens is 1. The maximum absolute atomic E-state index is 5.79. The minimum atomic E-state index is 0.729. The van der Waals surface area contributed by atoms with Crippen LogP contribution in [-0.4, -0.2) is 11.5 Å². The number of nitrogens with zero attached hydrogens (tertiary/aromatic N) is 1. The lowest BCUT2D eigenvalue weighted by atomic mass is 10.0. The third-order valence-corrected chi connectivity index (χ3v) is 2.88. The average Bonchev–Trinajstić information content (AvgIpc) is 2.30. The van der Waals surface area contributed by atoms with E-state index in [9.17, 15) is 0 Å². The SMILES string of the molecule is CC(C)CCCCCCNc1ccncc1N. The third kappa shape index (κ3) is 6.15. The predicted octanol–water partition coefficient (Wildman–Crippen LogP) is 3.68. The Morgan fingerprint density at radius 1 is 1.24 bits per heavy atom. The van der Waals surface area contributed by atoms with E-state index >= 15 is 0 Å². The van der Waals surface area contributed by atoms with Crippen LogP contribution in [0.3, 0.4) is 0 Å². The monoisotopic (exact) mass is 235 g/mol. The summed E-state index contributed by atoms with van der Waals surface area (Å²) in [5.41, 5.74) is 7.52. The van der Waals surface area contributed by atoms with Crippen LogP contribution in [0, 0.1) is 5.92 Å². The lowest BCUT2D eigenvalue weighted by Gasteiger charge is -2.08. The minimum absolute atomic E-state index is 0.729. The van der Waals surface area contributed by atoms with Gasteiger partial charge in [0.2, 0.25) is 0 Å². The molecule has 0 spiro atoms. The first-order valence-electron chi connectivity index (χ1n) is 6.63. The van der Waals surface area contributed by atoms with Gasteiger partial charge in [0, 0.05) is 12.7 Å². The summed E-state index contributed by atoms with van der Waals surface area (Å²) in [5.74, 6) is 0.838. The van der Waals surface area contributed by atoms with Gasteiger partial charge in [0.15, 0.2) is 0 Å². The van der Waals surface area contributed by atoms with Gasteiger partial charge in [-0.3, -0.25) is 4.98 Å². The fourth-order valence-corrected chi connectivity index (χ4v) is 1.82. The molecule has 0 saturated carbocycles. The van der Waals surface area contributed by atoms with Crippen molar-refractivity contribution in [2.45, 2.75) is 46.0 Å². The largest absolute Gasteiger partial charge is 0.396 e. The van der Waals surface area contributed by atoms with Crippen LogP contribution in [0.25, 0.3) is 0 Å². The van der Waals surface area contributed by atoms with Gasteiger partial charge >= 0.3 is 0 Å². The second kappa shape index (κ2) is 7.93. The van der Waals surface area contributed by atoms with Crippen molar-refractivity contribution in [3.8, 4) is 0 Å². The van der Waals surface area contributed by atoms with Crippen LogP contribution < -0.4 is 11.1 Å². The van der Waals surface area contributed by atoms with Gasteiger partial charge in [0.05, 0.1) is 17.6 Å². The Morgan fingerprint density at radius 2 is 2.00 bits per heavy atom. The topological polar surface area (TPSA) is 50.9 Å². The van der Waals surface area contributed by atoms with E-state index in [1.165, 1.54) is 32.1 Å². The van der Waals surface area contributed by atoms with Crippen molar-refractivity contribution in [2.75, 3.05) is 17.6 Å². The average molecular weight is 235 g/mol. The summed E-state index contributed by atoms with van der Waals surface area (Å²) < 4.78 is 0. The Morgan fingerprint density at radius 3 is 2.71 bits per heavy atom. The molecule has 0 unspecified atom stereocenters. The maximum atomic E-state index is 5.79. The number of hydrogen-bond acceptors (Lipinski definition) is 3. The smallest absolute Gasteiger partial charge is 0.0736 e. The first kappa shape index (κ1) is 13.8. The van der Waals surface area contributed by atoms with Gasteiger partial charge in [-0.1, -0.05) is 39.5 Å². The second-order valence-corrected chi connectivity index (χ2v) is 4.99. The first-order chi connectivity index (χ1) is 8.20. The van der Waals surface area contributed by atoms with Crippen LogP contribution in [0.15, 0.2) is 18.5 Å². The Labute approximate surface area is 105 Å². The summed E-state index contributed by atoms with van der Waals surface area (Å²) in [7, 11) is 0. The zero-order chi connectivity index (χ0) is 12.5. The molecule has 96 valence electrons. The molecule has 3 nitrogen and oxygen atoms in total. The molecule has 0 aliphatic heterocycles. The zero-order valence-electron chi connectivity index (χ0n) is 11.1. The van der Waals surface area contributed by atoms with E-state index in [0.29, 0.717) is 0 Å². The van der Waals surface area contributed by atoms with E-state index in [1.807, 2.05) is 6.07 Å². The molecule has 0 fully saturated rings. The van der Waals surface area contributed by atoms with Gasteiger partial charge in [0.25, 0.3) is 0 Å². The second-order valence-electron chi connectivity index (χ2n) is 4.99. The molecule has 0 radical (unpaired) electrons. The molecule has 0 aromatic carbocycles. The van der Waals surface area contributed by atoms with Crippen LogP contribution in [-0.2, 0) is 0 Å². The predicted molar refractivity (Wildman–Crippen MR) is 75.1 cm³/mol. The molecule has 0 bridgehead atoms. The summed E-state index contributed by atoms with van der Waals surface area (Å²) >= 11 is 0. The fraction of sp³-hybridized carbons (Fsp3) is 0.643. The number of nitrogens with two attached hydrogens (primary N) is 1. The normalized spacial score (nSPS) is 10.8. The molecule has 1 heterocycles. The van der Waals surface area contributed by atoms with Crippen LogP contribution in [0.2, 0.25) is 0 Å². The quantitative estimate of drug-likeness (QED) is 0.676. The molecule has 0 aliphatic rings. The van der Waals surface area contributed by atoms with Gasteiger partial charge in [0.1, 0.15) is 0 Å². The van der Waals surface area contributed by atoms with Crippen LogP contribution in [0.1, 0.15) is 46.0 Å². The number of nitrogen functional groups attached to an aromatic ring is 1. The minimum Gasteiger partial charge on any atom is -0.396 e. The number of unbranched alkanes of at least 4 members (excludes halogenated alkanes) is 3. The molecule has 3 N–H and O–H groups in total. The fourth-order valence-electron chi connectivity index (χ4n) is 1.82. The van der Waals surface area contributed by atoms with Crippen molar-refractivity contribution < 1.29 is 0 Å². The molecule has 0 amide bonds. The molecule has 0 aliphatic carbocycles. The molecule has 0 saturated heterocycles. The van der Waals surface area contributed by atoms with E-state index in [-0.39, 0.29) is 0 Å². The van der Waals surface area contributed by atoms with E-state index in [4.69, 9.17) is 5.73 Å². The zero-order valence-corrected chi connectivity index (χ0v) is 11.1. The number of anilines is 2. The number of hydrogen-bond donors (Lipinski definition) is 2.